The molecule has 2 aliphatic rings. The van der Waals surface area contributed by atoms with Gasteiger partial charge in [-0.2, -0.15) is 0 Å². The molecule has 0 radical (unpaired) electrons. The van der Waals surface area contributed by atoms with Gasteiger partial charge in [0.25, 0.3) is 0 Å². The molecular formula is C21H32N2O4. The van der Waals surface area contributed by atoms with E-state index in [1.54, 1.807) is 4.90 Å². The number of morpholine rings is 1. The average Bonchev–Trinajstić information content (AvgIpc) is 2.57. The van der Waals surface area contributed by atoms with Gasteiger partial charge in [0.15, 0.2) is 0 Å². The van der Waals surface area contributed by atoms with E-state index >= 15 is 0 Å². The summed E-state index contributed by atoms with van der Waals surface area (Å²) in [6, 6.07) is 8.42. The van der Waals surface area contributed by atoms with E-state index in [0.29, 0.717) is 26.1 Å². The van der Waals surface area contributed by atoms with Gasteiger partial charge in [0, 0.05) is 32.8 Å². The lowest BCUT2D eigenvalue weighted by molar-refractivity contribution is -0.180. The minimum absolute atomic E-state index is 0.184. The number of aliphatic hydroxyl groups excluding tert-OH is 1. The zero-order valence-corrected chi connectivity index (χ0v) is 16.7. The van der Waals surface area contributed by atoms with Crippen molar-refractivity contribution in [2.24, 2.45) is 0 Å². The zero-order chi connectivity index (χ0) is 19.5. The summed E-state index contributed by atoms with van der Waals surface area (Å²) in [6.07, 6.45) is 1.43. The molecule has 2 heterocycles. The highest BCUT2D eigenvalue weighted by atomic mass is 16.6. The summed E-state index contributed by atoms with van der Waals surface area (Å²) >= 11 is 0. The second-order valence-corrected chi connectivity index (χ2v) is 8.69. The van der Waals surface area contributed by atoms with Crippen molar-refractivity contribution in [2.45, 2.75) is 44.8 Å². The van der Waals surface area contributed by atoms with Crippen LogP contribution in [0.2, 0.25) is 0 Å². The van der Waals surface area contributed by atoms with Crippen LogP contribution in [0.15, 0.2) is 24.3 Å². The van der Waals surface area contributed by atoms with Crippen molar-refractivity contribution < 1.29 is 19.4 Å². The van der Waals surface area contributed by atoms with Gasteiger partial charge < -0.3 is 19.5 Å². The molecule has 3 rings (SSSR count). The zero-order valence-electron chi connectivity index (χ0n) is 16.7. The minimum atomic E-state index is -0.473. The molecule has 27 heavy (non-hydrogen) atoms. The number of nitrogens with zero attached hydrogens (tertiary/aromatic N) is 2. The fourth-order valence-corrected chi connectivity index (χ4v) is 3.80. The van der Waals surface area contributed by atoms with Crippen LogP contribution in [0.3, 0.4) is 0 Å². The van der Waals surface area contributed by atoms with Crippen molar-refractivity contribution in [3.05, 3.63) is 35.4 Å². The largest absolute Gasteiger partial charge is 0.444 e. The first-order valence-corrected chi connectivity index (χ1v) is 9.82. The second kappa shape index (κ2) is 8.17. The van der Waals surface area contributed by atoms with Gasteiger partial charge in [0.1, 0.15) is 11.2 Å². The van der Waals surface area contributed by atoms with Crippen LogP contribution in [-0.2, 0) is 22.3 Å². The molecular weight excluding hydrogens is 344 g/mol. The standard InChI is InChI=1S/C21H32N2O4/c1-20(2,3)27-19(25)23-10-12-26-21(16-23)14-22(15-21)9-7-17-5-4-6-18(13-17)8-11-24/h4-6,13,24H,7-12,14-16H2,1-3H3. The molecule has 2 aliphatic heterocycles. The maximum atomic E-state index is 12.3. The topological polar surface area (TPSA) is 62.2 Å². The summed E-state index contributed by atoms with van der Waals surface area (Å²) in [5.74, 6) is 0. The number of amides is 1. The minimum Gasteiger partial charge on any atom is -0.444 e. The molecule has 0 atom stereocenters. The average molecular weight is 376 g/mol. The van der Waals surface area contributed by atoms with Crippen LogP contribution in [0.4, 0.5) is 4.79 Å². The van der Waals surface area contributed by atoms with Crippen LogP contribution in [-0.4, -0.2) is 78.1 Å². The SMILES string of the molecule is CC(C)(C)OC(=O)N1CCOC2(CN(CCc3cccc(CCO)c3)C2)C1. The Morgan fingerprint density at radius 1 is 1.22 bits per heavy atom. The maximum absolute atomic E-state index is 12.3. The summed E-state index contributed by atoms with van der Waals surface area (Å²) in [5.41, 5.74) is 1.76. The van der Waals surface area contributed by atoms with Crippen LogP contribution in [0.5, 0.6) is 0 Å². The van der Waals surface area contributed by atoms with Gasteiger partial charge in [-0.05, 0) is 44.7 Å². The number of likely N-dealkylation sites (tertiary alicyclic amines) is 1. The van der Waals surface area contributed by atoms with Gasteiger partial charge in [0.2, 0.25) is 0 Å². The highest BCUT2D eigenvalue weighted by Crippen LogP contribution is 2.30. The smallest absolute Gasteiger partial charge is 0.410 e. The third-order valence-electron chi connectivity index (χ3n) is 5.03. The Morgan fingerprint density at radius 3 is 2.59 bits per heavy atom. The Kier molecular flexibility index (Phi) is 6.08. The first-order chi connectivity index (χ1) is 12.8. The van der Waals surface area contributed by atoms with E-state index in [2.05, 4.69) is 29.2 Å². The number of carbonyl (C=O) groups excluding carboxylic acids is 1. The molecule has 1 spiro atoms. The number of aliphatic hydroxyl groups is 1. The lowest BCUT2D eigenvalue weighted by Crippen LogP contribution is -2.70. The molecule has 0 saturated carbocycles. The van der Waals surface area contributed by atoms with Crippen molar-refractivity contribution in [3.8, 4) is 0 Å². The second-order valence-electron chi connectivity index (χ2n) is 8.69. The van der Waals surface area contributed by atoms with E-state index < -0.39 is 5.60 Å². The summed E-state index contributed by atoms with van der Waals surface area (Å²) in [4.78, 5) is 16.5. The van der Waals surface area contributed by atoms with Crippen LogP contribution < -0.4 is 0 Å². The summed E-state index contributed by atoms with van der Waals surface area (Å²) in [7, 11) is 0. The fourth-order valence-electron chi connectivity index (χ4n) is 3.80. The maximum Gasteiger partial charge on any atom is 0.410 e. The van der Waals surface area contributed by atoms with Gasteiger partial charge in [-0.1, -0.05) is 24.3 Å². The van der Waals surface area contributed by atoms with Crippen LogP contribution in [0, 0.1) is 0 Å². The van der Waals surface area contributed by atoms with Crippen molar-refractivity contribution in [2.75, 3.05) is 45.9 Å². The molecule has 0 aromatic heterocycles. The number of carbonyl (C=O) groups is 1. The monoisotopic (exact) mass is 376 g/mol. The first kappa shape index (κ1) is 20.1. The lowest BCUT2D eigenvalue weighted by Gasteiger charge is -2.53. The summed E-state index contributed by atoms with van der Waals surface area (Å²) in [5, 5.41) is 9.08. The van der Waals surface area contributed by atoms with E-state index in [1.165, 1.54) is 11.1 Å². The Balaban J connectivity index is 1.46. The predicted octanol–water partition coefficient (Wildman–Crippen LogP) is 2.09. The highest BCUT2D eigenvalue weighted by molar-refractivity contribution is 5.68. The van der Waals surface area contributed by atoms with Gasteiger partial charge in [-0.25, -0.2) is 4.79 Å². The molecule has 1 aromatic carbocycles. The van der Waals surface area contributed by atoms with Crippen LogP contribution in [0.1, 0.15) is 31.9 Å². The number of benzene rings is 1. The predicted molar refractivity (Wildman–Crippen MR) is 104 cm³/mol. The van der Waals surface area contributed by atoms with Gasteiger partial charge in [0.05, 0.1) is 13.2 Å². The van der Waals surface area contributed by atoms with Crippen molar-refractivity contribution >= 4 is 6.09 Å². The molecule has 6 heteroatoms. The first-order valence-electron chi connectivity index (χ1n) is 9.82. The molecule has 1 aromatic rings. The molecule has 1 amide bonds. The van der Waals surface area contributed by atoms with Gasteiger partial charge >= 0.3 is 6.09 Å². The molecule has 150 valence electrons. The van der Waals surface area contributed by atoms with Crippen LogP contribution >= 0.6 is 0 Å². The molecule has 2 fully saturated rings. The van der Waals surface area contributed by atoms with Gasteiger partial charge in [-0.3, -0.25) is 4.90 Å². The third kappa shape index (κ3) is 5.43. The van der Waals surface area contributed by atoms with E-state index in [9.17, 15) is 4.79 Å². The van der Waals surface area contributed by atoms with Gasteiger partial charge in [-0.15, -0.1) is 0 Å². The molecule has 1 N–H and O–H groups in total. The normalized spacial score (nSPS) is 19.8. The Labute approximate surface area is 162 Å². The van der Waals surface area contributed by atoms with E-state index in [4.69, 9.17) is 14.6 Å². The van der Waals surface area contributed by atoms with E-state index in [0.717, 1.165) is 26.1 Å². The third-order valence-corrected chi connectivity index (χ3v) is 5.03. The Bertz CT molecular complexity index is 650. The van der Waals surface area contributed by atoms with Crippen molar-refractivity contribution in [1.82, 2.24) is 9.80 Å². The Hall–Kier alpha value is -1.63. The van der Waals surface area contributed by atoms with Crippen molar-refractivity contribution in [1.29, 1.82) is 0 Å². The summed E-state index contributed by atoms with van der Waals surface area (Å²) in [6.45, 7) is 10.3. The number of hydrogen-bond acceptors (Lipinski definition) is 5. The van der Waals surface area contributed by atoms with E-state index in [1.807, 2.05) is 20.8 Å². The lowest BCUT2D eigenvalue weighted by atomic mass is 9.91. The fraction of sp³-hybridized carbons (Fsp3) is 0.667. The van der Waals surface area contributed by atoms with Crippen molar-refractivity contribution in [3.63, 3.8) is 0 Å². The number of ether oxygens (including phenoxy) is 2. The van der Waals surface area contributed by atoms with E-state index in [-0.39, 0.29) is 18.3 Å². The molecule has 0 bridgehead atoms. The molecule has 6 nitrogen and oxygen atoms in total. The molecule has 0 unspecified atom stereocenters. The quantitative estimate of drug-likeness (QED) is 0.853. The number of hydrogen-bond donors (Lipinski definition) is 1. The Morgan fingerprint density at radius 2 is 1.93 bits per heavy atom. The highest BCUT2D eigenvalue weighted by Gasteiger charge is 2.48. The molecule has 2 saturated heterocycles. The summed E-state index contributed by atoms with van der Waals surface area (Å²) < 4.78 is 11.5. The molecule has 0 aliphatic carbocycles. The van der Waals surface area contributed by atoms with Crippen LogP contribution in [0.25, 0.3) is 0 Å². The number of rotatable bonds is 5.